The number of fused-ring (bicyclic) bond motifs is 1. The summed E-state index contributed by atoms with van der Waals surface area (Å²) in [5.74, 6) is 2.15. The second-order valence-corrected chi connectivity index (χ2v) is 6.05. The summed E-state index contributed by atoms with van der Waals surface area (Å²) >= 11 is 8.68. The van der Waals surface area contributed by atoms with Crippen LogP contribution in [-0.2, 0) is 0 Å². The number of thiocarbonyl (C=S) groups is 1. The van der Waals surface area contributed by atoms with Gasteiger partial charge in [-0.1, -0.05) is 6.07 Å². The van der Waals surface area contributed by atoms with E-state index in [-0.39, 0.29) is 6.79 Å². The molecule has 0 unspecified atom stereocenters. The first-order valence-electron chi connectivity index (χ1n) is 6.99. The lowest BCUT2D eigenvalue weighted by Crippen LogP contribution is -2.23. The van der Waals surface area contributed by atoms with Crippen molar-refractivity contribution < 1.29 is 14.2 Å². The van der Waals surface area contributed by atoms with Crippen LogP contribution in [0.4, 0.5) is 5.69 Å². The van der Waals surface area contributed by atoms with E-state index in [2.05, 4.69) is 31.8 Å². The predicted molar refractivity (Wildman–Crippen MR) is 100 cm³/mol. The summed E-state index contributed by atoms with van der Waals surface area (Å²) in [5, 5.41) is 7.53. The standard InChI is InChI=1S/C16H14BrN3O3S/c1-21-12-4-2-3-11(6-12)19-16(24)20-18-8-10-5-14-15(7-13(10)17)23-9-22-14/h2-8H,9H2,1H3,(H2,19,20,24)/b18-8+. The Morgan fingerprint density at radius 2 is 2.08 bits per heavy atom. The Balaban J connectivity index is 1.61. The maximum Gasteiger partial charge on any atom is 0.231 e. The number of nitrogens with zero attached hydrogens (tertiary/aromatic N) is 1. The molecule has 8 heteroatoms. The summed E-state index contributed by atoms with van der Waals surface area (Å²) in [4.78, 5) is 0. The number of ether oxygens (including phenoxy) is 3. The zero-order chi connectivity index (χ0) is 16.9. The van der Waals surface area contributed by atoms with Gasteiger partial charge < -0.3 is 19.5 Å². The zero-order valence-electron chi connectivity index (χ0n) is 12.7. The Morgan fingerprint density at radius 3 is 2.88 bits per heavy atom. The van der Waals surface area contributed by atoms with E-state index < -0.39 is 0 Å². The number of benzene rings is 2. The van der Waals surface area contributed by atoms with Crippen LogP contribution in [0.3, 0.4) is 0 Å². The lowest BCUT2D eigenvalue weighted by molar-refractivity contribution is 0.174. The predicted octanol–water partition coefficient (Wildman–Crippen LogP) is 3.51. The molecule has 1 aliphatic rings. The van der Waals surface area contributed by atoms with E-state index in [9.17, 15) is 0 Å². The van der Waals surface area contributed by atoms with Crippen molar-refractivity contribution >= 4 is 45.2 Å². The maximum atomic E-state index is 5.35. The smallest absolute Gasteiger partial charge is 0.231 e. The number of hydrogen-bond donors (Lipinski definition) is 2. The van der Waals surface area contributed by atoms with Gasteiger partial charge in [0.15, 0.2) is 16.6 Å². The third-order valence-corrected chi connectivity index (χ3v) is 4.07. The van der Waals surface area contributed by atoms with Gasteiger partial charge in [-0.25, -0.2) is 0 Å². The van der Waals surface area contributed by atoms with E-state index in [1.807, 2.05) is 36.4 Å². The van der Waals surface area contributed by atoms with Crippen molar-refractivity contribution in [2.24, 2.45) is 5.10 Å². The first-order chi connectivity index (χ1) is 11.7. The summed E-state index contributed by atoms with van der Waals surface area (Å²) in [5.41, 5.74) is 4.42. The Bertz CT molecular complexity index is 798. The monoisotopic (exact) mass is 407 g/mol. The SMILES string of the molecule is COc1cccc(NC(=S)N/N=C/c2cc3c(cc2Br)OCO3)c1. The quantitative estimate of drug-likeness (QED) is 0.459. The molecule has 2 aromatic carbocycles. The van der Waals surface area contributed by atoms with E-state index in [0.29, 0.717) is 16.6 Å². The van der Waals surface area contributed by atoms with Crippen molar-refractivity contribution in [3.8, 4) is 17.2 Å². The molecule has 0 saturated heterocycles. The highest BCUT2D eigenvalue weighted by molar-refractivity contribution is 9.10. The Kier molecular flexibility index (Phi) is 5.17. The maximum absolute atomic E-state index is 5.35. The molecule has 0 saturated carbocycles. The van der Waals surface area contributed by atoms with Gasteiger partial charge in [-0.15, -0.1) is 0 Å². The Hall–Kier alpha value is -2.32. The van der Waals surface area contributed by atoms with Crippen LogP contribution in [0.1, 0.15) is 5.56 Å². The molecule has 2 aromatic rings. The number of methoxy groups -OCH3 is 1. The van der Waals surface area contributed by atoms with Crippen molar-refractivity contribution in [2.45, 2.75) is 0 Å². The Labute approximate surface area is 152 Å². The van der Waals surface area contributed by atoms with Crippen LogP contribution < -0.4 is 25.0 Å². The van der Waals surface area contributed by atoms with E-state index in [0.717, 1.165) is 21.5 Å². The van der Waals surface area contributed by atoms with E-state index in [1.165, 1.54) is 0 Å². The van der Waals surface area contributed by atoms with Crippen LogP contribution >= 0.6 is 28.1 Å². The van der Waals surface area contributed by atoms with Gasteiger partial charge in [0.25, 0.3) is 0 Å². The van der Waals surface area contributed by atoms with Crippen molar-refractivity contribution in [2.75, 3.05) is 19.2 Å². The molecule has 24 heavy (non-hydrogen) atoms. The third kappa shape index (κ3) is 3.95. The number of hydrazone groups is 1. The van der Waals surface area contributed by atoms with Gasteiger partial charge in [-0.3, -0.25) is 5.43 Å². The number of rotatable bonds is 4. The van der Waals surface area contributed by atoms with Gasteiger partial charge in [0, 0.05) is 21.8 Å². The number of halogens is 1. The molecule has 124 valence electrons. The third-order valence-electron chi connectivity index (χ3n) is 3.19. The molecule has 0 bridgehead atoms. The van der Waals surface area contributed by atoms with Crippen molar-refractivity contribution in [3.05, 3.63) is 46.4 Å². The minimum atomic E-state index is 0.231. The molecule has 0 aliphatic carbocycles. The van der Waals surface area contributed by atoms with Crippen molar-refractivity contribution in [1.29, 1.82) is 0 Å². The van der Waals surface area contributed by atoms with Crippen LogP contribution in [0.25, 0.3) is 0 Å². The van der Waals surface area contributed by atoms with Gasteiger partial charge in [-0.2, -0.15) is 5.10 Å². The average molecular weight is 408 g/mol. The fourth-order valence-corrected chi connectivity index (χ4v) is 2.65. The molecule has 1 aliphatic heterocycles. The molecule has 6 nitrogen and oxygen atoms in total. The van der Waals surface area contributed by atoms with Crippen molar-refractivity contribution in [1.82, 2.24) is 5.43 Å². The molecule has 2 N–H and O–H groups in total. The molecule has 0 amide bonds. The minimum Gasteiger partial charge on any atom is -0.497 e. The Morgan fingerprint density at radius 1 is 1.29 bits per heavy atom. The lowest BCUT2D eigenvalue weighted by atomic mass is 10.2. The largest absolute Gasteiger partial charge is 0.497 e. The molecular formula is C16H14BrN3O3S. The molecule has 0 spiro atoms. The highest BCUT2D eigenvalue weighted by Gasteiger charge is 2.15. The average Bonchev–Trinajstić information content (AvgIpc) is 3.02. The summed E-state index contributed by atoms with van der Waals surface area (Å²) in [6.45, 7) is 0.231. The second-order valence-electron chi connectivity index (χ2n) is 4.78. The summed E-state index contributed by atoms with van der Waals surface area (Å²) in [6, 6.07) is 11.1. The first-order valence-corrected chi connectivity index (χ1v) is 8.19. The molecule has 0 fully saturated rings. The van der Waals surface area contributed by atoms with Gasteiger partial charge in [0.05, 0.1) is 13.3 Å². The molecule has 0 atom stereocenters. The van der Waals surface area contributed by atoms with Crippen LogP contribution in [0, 0.1) is 0 Å². The van der Waals surface area contributed by atoms with Crippen LogP contribution in [0.2, 0.25) is 0 Å². The molecule has 0 aromatic heterocycles. The summed E-state index contributed by atoms with van der Waals surface area (Å²) < 4.78 is 16.7. The number of hydrogen-bond acceptors (Lipinski definition) is 5. The topological polar surface area (TPSA) is 64.1 Å². The second kappa shape index (κ2) is 7.50. The van der Waals surface area contributed by atoms with Gasteiger partial charge in [0.1, 0.15) is 5.75 Å². The fraction of sp³-hybridized carbons (Fsp3) is 0.125. The van der Waals surface area contributed by atoms with E-state index >= 15 is 0 Å². The highest BCUT2D eigenvalue weighted by Crippen LogP contribution is 2.36. The lowest BCUT2D eigenvalue weighted by Gasteiger charge is -2.08. The summed E-state index contributed by atoms with van der Waals surface area (Å²) in [6.07, 6.45) is 1.64. The molecule has 3 rings (SSSR count). The molecule has 1 heterocycles. The van der Waals surface area contributed by atoms with Crippen molar-refractivity contribution in [3.63, 3.8) is 0 Å². The summed E-state index contributed by atoms with van der Waals surface area (Å²) in [7, 11) is 1.61. The molecule has 0 radical (unpaired) electrons. The normalized spacial score (nSPS) is 12.2. The van der Waals surface area contributed by atoms with E-state index in [4.69, 9.17) is 26.4 Å². The van der Waals surface area contributed by atoms with Gasteiger partial charge >= 0.3 is 0 Å². The fourth-order valence-electron chi connectivity index (χ4n) is 2.05. The zero-order valence-corrected chi connectivity index (χ0v) is 15.1. The number of nitrogens with one attached hydrogen (secondary N) is 2. The van der Waals surface area contributed by atoms with Gasteiger partial charge in [0.2, 0.25) is 6.79 Å². The van der Waals surface area contributed by atoms with Crippen LogP contribution in [0.15, 0.2) is 46.0 Å². The van der Waals surface area contributed by atoms with E-state index in [1.54, 1.807) is 13.3 Å². The van der Waals surface area contributed by atoms with Crippen LogP contribution in [0.5, 0.6) is 17.2 Å². The highest BCUT2D eigenvalue weighted by atomic mass is 79.9. The first kappa shape index (κ1) is 16.5. The number of anilines is 1. The minimum absolute atomic E-state index is 0.231. The van der Waals surface area contributed by atoms with Gasteiger partial charge in [-0.05, 0) is 52.4 Å². The molecular weight excluding hydrogens is 394 g/mol. The van der Waals surface area contributed by atoms with Crippen LogP contribution in [-0.4, -0.2) is 25.2 Å².